The topological polar surface area (TPSA) is 102 Å². The number of halogens is 1. The van der Waals surface area contributed by atoms with Crippen molar-refractivity contribution in [2.24, 2.45) is 0 Å². The Hall–Kier alpha value is -3.20. The first-order chi connectivity index (χ1) is 13.8. The first-order valence-electron chi connectivity index (χ1n) is 8.58. The number of hydrogen-bond acceptors (Lipinski definition) is 6. The number of carbonyl (C=O) groups excluding carboxylic acids is 4. The molecule has 3 amide bonds. The van der Waals surface area contributed by atoms with Crippen LogP contribution < -0.4 is 10.6 Å². The molecule has 0 spiro atoms. The highest BCUT2D eigenvalue weighted by atomic mass is 32.2. The fraction of sp³-hybridized carbons (Fsp3) is 0.200. The van der Waals surface area contributed by atoms with Crippen LogP contribution in [0.1, 0.15) is 17.3 Å². The van der Waals surface area contributed by atoms with E-state index in [0.29, 0.717) is 11.3 Å². The average Bonchev–Trinajstić information content (AvgIpc) is 2.72. The van der Waals surface area contributed by atoms with Crippen molar-refractivity contribution in [3.05, 3.63) is 66.0 Å². The van der Waals surface area contributed by atoms with Gasteiger partial charge in [0.25, 0.3) is 11.8 Å². The van der Waals surface area contributed by atoms with E-state index in [1.165, 1.54) is 31.2 Å². The smallest absolute Gasteiger partial charge is 0.319 e. The van der Waals surface area contributed by atoms with Gasteiger partial charge in [-0.2, -0.15) is 0 Å². The van der Waals surface area contributed by atoms with Gasteiger partial charge in [0, 0.05) is 11.3 Å². The zero-order valence-electron chi connectivity index (χ0n) is 15.5. The average molecular weight is 418 g/mol. The number of ether oxygens (including phenoxy) is 1. The summed E-state index contributed by atoms with van der Waals surface area (Å²) in [6.07, 6.45) is 0. The van der Waals surface area contributed by atoms with Gasteiger partial charge in [0.2, 0.25) is 5.91 Å². The third kappa shape index (κ3) is 7.74. The lowest BCUT2D eigenvalue weighted by atomic mass is 10.2. The van der Waals surface area contributed by atoms with Gasteiger partial charge < -0.3 is 10.1 Å². The predicted octanol–water partition coefficient (Wildman–Crippen LogP) is 2.39. The number of imide groups is 1. The second kappa shape index (κ2) is 11.0. The summed E-state index contributed by atoms with van der Waals surface area (Å²) in [6, 6.07) is 13.4. The van der Waals surface area contributed by atoms with Gasteiger partial charge in [-0.3, -0.25) is 24.5 Å². The molecule has 2 N–H and O–H groups in total. The van der Waals surface area contributed by atoms with E-state index >= 15 is 0 Å². The normalized spacial score (nSPS) is 11.2. The maximum Gasteiger partial charge on any atom is 0.319 e. The van der Waals surface area contributed by atoms with E-state index in [4.69, 9.17) is 4.74 Å². The lowest BCUT2D eigenvalue weighted by Gasteiger charge is -2.11. The van der Waals surface area contributed by atoms with Crippen LogP contribution >= 0.6 is 11.8 Å². The van der Waals surface area contributed by atoms with Crippen LogP contribution in [0, 0.1) is 5.82 Å². The van der Waals surface area contributed by atoms with Crippen molar-refractivity contribution in [2.45, 2.75) is 12.2 Å². The van der Waals surface area contributed by atoms with Crippen LogP contribution in [-0.4, -0.2) is 41.3 Å². The molecule has 0 aromatic heterocycles. The number of anilines is 1. The fourth-order valence-corrected chi connectivity index (χ4v) is 2.76. The summed E-state index contributed by atoms with van der Waals surface area (Å²) in [5, 5.41) is 3.99. The quantitative estimate of drug-likeness (QED) is 0.639. The van der Waals surface area contributed by atoms with Crippen LogP contribution in [-0.2, 0) is 19.1 Å². The summed E-state index contributed by atoms with van der Waals surface area (Å²) < 4.78 is 17.7. The molecule has 2 aromatic rings. The Morgan fingerprint density at radius 1 is 1.00 bits per heavy atom. The number of carbonyl (C=O) groups is 4. The minimum Gasteiger partial charge on any atom is -0.455 e. The van der Waals surface area contributed by atoms with Gasteiger partial charge in [-0.15, -0.1) is 11.8 Å². The number of nitrogens with one attached hydrogen (secondary N) is 2. The van der Waals surface area contributed by atoms with Gasteiger partial charge in [0.15, 0.2) is 6.61 Å². The van der Waals surface area contributed by atoms with Crippen molar-refractivity contribution in [1.82, 2.24) is 5.32 Å². The predicted molar refractivity (Wildman–Crippen MR) is 107 cm³/mol. The number of thioether (sulfide) groups is 1. The molecule has 29 heavy (non-hydrogen) atoms. The summed E-state index contributed by atoms with van der Waals surface area (Å²) in [6.45, 7) is 0.926. The van der Waals surface area contributed by atoms with Gasteiger partial charge in [-0.25, -0.2) is 4.39 Å². The Morgan fingerprint density at radius 3 is 2.31 bits per heavy atom. The van der Waals surface area contributed by atoms with Crippen LogP contribution in [0.5, 0.6) is 0 Å². The van der Waals surface area contributed by atoms with Crippen LogP contribution in [0.4, 0.5) is 10.1 Å². The molecule has 0 saturated heterocycles. The first-order valence-corrected chi connectivity index (χ1v) is 9.63. The minimum absolute atomic E-state index is 0.0354. The zero-order valence-corrected chi connectivity index (χ0v) is 16.3. The Balaban J connectivity index is 1.68. The van der Waals surface area contributed by atoms with Gasteiger partial charge in [0.05, 0.1) is 5.75 Å². The Labute approximate surface area is 171 Å². The molecule has 0 fully saturated rings. The molecule has 0 aliphatic carbocycles. The standard InChI is InChI=1S/C20H19FN2O5S/c1-13(29-12-18(25)22-16-9-7-15(21)8-10-16)20(27)28-11-17(24)23-19(26)14-5-3-2-4-6-14/h2-10,13H,11-12H2,1H3,(H,22,25)(H,23,24,26)/t13-/m0/s1. The van der Waals surface area contributed by atoms with Crippen molar-refractivity contribution in [2.75, 3.05) is 17.7 Å². The summed E-state index contributed by atoms with van der Waals surface area (Å²) in [5.41, 5.74) is 0.746. The first kappa shape index (κ1) is 22.1. The van der Waals surface area contributed by atoms with Gasteiger partial charge in [-0.05, 0) is 43.3 Å². The summed E-state index contributed by atoms with van der Waals surface area (Å²) >= 11 is 1.02. The molecular weight excluding hydrogens is 399 g/mol. The molecule has 0 radical (unpaired) electrons. The zero-order chi connectivity index (χ0) is 21.2. The molecule has 0 bridgehead atoms. The highest BCUT2D eigenvalue weighted by Crippen LogP contribution is 2.14. The largest absolute Gasteiger partial charge is 0.455 e. The molecule has 0 saturated carbocycles. The molecule has 0 aliphatic rings. The maximum absolute atomic E-state index is 12.8. The Bertz CT molecular complexity index is 874. The number of amides is 3. The highest BCUT2D eigenvalue weighted by Gasteiger charge is 2.19. The van der Waals surface area contributed by atoms with E-state index in [2.05, 4.69) is 10.6 Å². The summed E-state index contributed by atoms with van der Waals surface area (Å²) in [5.74, 6) is -2.85. The van der Waals surface area contributed by atoms with E-state index < -0.39 is 35.5 Å². The molecule has 0 aliphatic heterocycles. The second-order valence-corrected chi connectivity index (χ2v) is 7.19. The molecule has 7 nitrogen and oxygen atoms in total. The van der Waals surface area contributed by atoms with Crippen LogP contribution in [0.15, 0.2) is 54.6 Å². The third-order valence-corrected chi connectivity index (χ3v) is 4.68. The van der Waals surface area contributed by atoms with E-state index in [1.807, 2.05) is 0 Å². The van der Waals surface area contributed by atoms with Crippen LogP contribution in [0.3, 0.4) is 0 Å². The van der Waals surface area contributed by atoms with Gasteiger partial charge >= 0.3 is 5.97 Å². The number of benzene rings is 2. The van der Waals surface area contributed by atoms with Crippen molar-refractivity contribution in [3.8, 4) is 0 Å². The Kier molecular flexibility index (Phi) is 8.35. The van der Waals surface area contributed by atoms with E-state index in [-0.39, 0.29) is 11.7 Å². The molecule has 0 heterocycles. The minimum atomic E-state index is -0.751. The Morgan fingerprint density at radius 2 is 1.66 bits per heavy atom. The molecular formula is C20H19FN2O5S. The molecule has 1 atom stereocenters. The molecule has 2 rings (SSSR count). The molecule has 9 heteroatoms. The molecule has 152 valence electrons. The molecule has 2 aromatic carbocycles. The van der Waals surface area contributed by atoms with Crippen molar-refractivity contribution in [1.29, 1.82) is 0 Å². The van der Waals surface area contributed by atoms with Crippen LogP contribution in [0.2, 0.25) is 0 Å². The third-order valence-electron chi connectivity index (χ3n) is 3.56. The number of hydrogen-bond donors (Lipinski definition) is 2. The lowest BCUT2D eigenvalue weighted by Crippen LogP contribution is -2.35. The number of rotatable bonds is 8. The summed E-state index contributed by atoms with van der Waals surface area (Å²) in [4.78, 5) is 47.4. The van der Waals surface area contributed by atoms with E-state index in [0.717, 1.165) is 11.8 Å². The van der Waals surface area contributed by atoms with Crippen LogP contribution in [0.25, 0.3) is 0 Å². The SMILES string of the molecule is C[C@H](SCC(=O)Nc1ccc(F)cc1)C(=O)OCC(=O)NC(=O)c1ccccc1. The van der Waals surface area contributed by atoms with Crippen molar-refractivity contribution < 1.29 is 28.3 Å². The van der Waals surface area contributed by atoms with Gasteiger partial charge in [-0.1, -0.05) is 18.2 Å². The van der Waals surface area contributed by atoms with Crippen molar-refractivity contribution >= 4 is 41.1 Å². The summed E-state index contributed by atoms with van der Waals surface area (Å²) in [7, 11) is 0. The van der Waals surface area contributed by atoms with Crippen molar-refractivity contribution in [3.63, 3.8) is 0 Å². The fourth-order valence-electron chi connectivity index (χ4n) is 2.08. The maximum atomic E-state index is 12.8. The lowest BCUT2D eigenvalue weighted by molar-refractivity contribution is -0.147. The second-order valence-electron chi connectivity index (χ2n) is 5.86. The molecule has 0 unspecified atom stereocenters. The van der Waals surface area contributed by atoms with E-state index in [1.54, 1.807) is 30.3 Å². The monoisotopic (exact) mass is 418 g/mol. The number of esters is 1. The highest BCUT2D eigenvalue weighted by molar-refractivity contribution is 8.01. The van der Waals surface area contributed by atoms with Gasteiger partial charge in [0.1, 0.15) is 11.1 Å². The van der Waals surface area contributed by atoms with E-state index in [9.17, 15) is 23.6 Å².